The molecule has 0 aliphatic heterocycles. The van der Waals surface area contributed by atoms with Gasteiger partial charge in [-0.25, -0.2) is 4.68 Å². The molecule has 1 amide bonds. The highest BCUT2D eigenvalue weighted by Gasteiger charge is 2.17. The van der Waals surface area contributed by atoms with Crippen LogP contribution >= 0.6 is 23.2 Å². The van der Waals surface area contributed by atoms with Crippen LogP contribution in [0.4, 0.5) is 5.69 Å². The van der Waals surface area contributed by atoms with Crippen LogP contribution in [0.3, 0.4) is 0 Å². The van der Waals surface area contributed by atoms with E-state index in [4.69, 9.17) is 27.9 Å². The predicted octanol–water partition coefficient (Wildman–Crippen LogP) is 3.70. The van der Waals surface area contributed by atoms with Crippen molar-refractivity contribution in [3.8, 4) is 5.75 Å². The number of halogens is 2. The molecule has 9 heteroatoms. The molecule has 25 heavy (non-hydrogen) atoms. The summed E-state index contributed by atoms with van der Waals surface area (Å²) in [6.07, 6.45) is 4.63. The van der Waals surface area contributed by atoms with Gasteiger partial charge in [-0.05, 0) is 25.1 Å². The molecule has 0 aliphatic rings. The number of rotatable bonds is 6. The van der Waals surface area contributed by atoms with Crippen molar-refractivity contribution in [3.63, 3.8) is 0 Å². The number of nitrogens with zero attached hydrogens (tertiary/aromatic N) is 4. The highest BCUT2D eigenvalue weighted by molar-refractivity contribution is 6.34. The summed E-state index contributed by atoms with van der Waals surface area (Å²) >= 11 is 11.9. The first-order valence-corrected chi connectivity index (χ1v) is 8.26. The van der Waals surface area contributed by atoms with Crippen LogP contribution in [0, 0.1) is 0 Å². The first-order chi connectivity index (χ1) is 12.1. The lowest BCUT2D eigenvalue weighted by atomic mass is 10.3. The van der Waals surface area contributed by atoms with Gasteiger partial charge in [0.25, 0.3) is 5.91 Å². The molecule has 3 aromatic rings. The maximum absolute atomic E-state index is 12.4. The molecule has 0 saturated heterocycles. The average molecular weight is 380 g/mol. The number of amides is 1. The van der Waals surface area contributed by atoms with Crippen molar-refractivity contribution in [1.82, 2.24) is 19.6 Å². The van der Waals surface area contributed by atoms with Crippen molar-refractivity contribution in [2.45, 2.75) is 20.2 Å². The Morgan fingerprint density at radius 3 is 2.88 bits per heavy atom. The molecule has 0 aliphatic carbocycles. The standard InChI is InChI=1S/C16H15Cl2N5O2/c1-2-23-15(14(18)8-20-23)16(24)21-12-7-19-22(9-12)10-25-13-5-3-4-11(17)6-13/h3-9H,2,10H2,1H3,(H,21,24). The summed E-state index contributed by atoms with van der Waals surface area (Å²) in [6.45, 7) is 2.61. The summed E-state index contributed by atoms with van der Waals surface area (Å²) in [5.41, 5.74) is 0.840. The molecule has 2 heterocycles. The van der Waals surface area contributed by atoms with Crippen LogP contribution in [0.15, 0.2) is 42.9 Å². The van der Waals surface area contributed by atoms with E-state index in [1.54, 1.807) is 35.1 Å². The Hall–Kier alpha value is -2.51. The summed E-state index contributed by atoms with van der Waals surface area (Å²) in [4.78, 5) is 12.4. The fraction of sp³-hybridized carbons (Fsp3) is 0.188. The maximum atomic E-state index is 12.4. The van der Waals surface area contributed by atoms with E-state index in [0.717, 1.165) is 0 Å². The van der Waals surface area contributed by atoms with Gasteiger partial charge in [-0.15, -0.1) is 0 Å². The van der Waals surface area contributed by atoms with E-state index < -0.39 is 0 Å². The molecule has 0 fully saturated rings. The highest BCUT2D eigenvalue weighted by Crippen LogP contribution is 2.19. The third kappa shape index (κ3) is 4.12. The van der Waals surface area contributed by atoms with Crippen LogP contribution in [0.2, 0.25) is 10.0 Å². The van der Waals surface area contributed by atoms with E-state index in [1.165, 1.54) is 17.1 Å². The Kier molecular flexibility index (Phi) is 5.25. The number of carbonyl (C=O) groups is 1. The summed E-state index contributed by atoms with van der Waals surface area (Å²) in [7, 11) is 0. The number of aromatic nitrogens is 4. The van der Waals surface area contributed by atoms with E-state index in [0.29, 0.717) is 33.7 Å². The quantitative estimate of drug-likeness (QED) is 0.708. The lowest BCUT2D eigenvalue weighted by Gasteiger charge is -2.06. The Morgan fingerprint density at radius 2 is 2.12 bits per heavy atom. The van der Waals surface area contributed by atoms with Crippen LogP contribution < -0.4 is 10.1 Å². The van der Waals surface area contributed by atoms with Gasteiger partial charge in [-0.1, -0.05) is 29.3 Å². The minimum atomic E-state index is -0.348. The second kappa shape index (κ2) is 7.58. The molecule has 3 rings (SSSR count). The third-order valence-electron chi connectivity index (χ3n) is 3.36. The molecule has 1 aromatic carbocycles. The average Bonchev–Trinajstić information content (AvgIpc) is 3.19. The van der Waals surface area contributed by atoms with E-state index in [2.05, 4.69) is 15.5 Å². The number of anilines is 1. The topological polar surface area (TPSA) is 74.0 Å². The van der Waals surface area contributed by atoms with Gasteiger partial charge in [0, 0.05) is 11.6 Å². The number of nitrogens with one attached hydrogen (secondary N) is 1. The molecule has 0 saturated carbocycles. The van der Waals surface area contributed by atoms with Crippen LogP contribution in [0.25, 0.3) is 0 Å². The summed E-state index contributed by atoms with van der Waals surface area (Å²) in [5.74, 6) is 0.284. The van der Waals surface area contributed by atoms with Crippen LogP contribution in [0.1, 0.15) is 17.4 Å². The SMILES string of the molecule is CCn1ncc(Cl)c1C(=O)Nc1cnn(COc2cccc(Cl)c2)c1. The lowest BCUT2D eigenvalue weighted by Crippen LogP contribution is -2.17. The Bertz CT molecular complexity index is 890. The second-order valence-electron chi connectivity index (χ2n) is 5.11. The molecular formula is C16H15Cl2N5O2. The largest absolute Gasteiger partial charge is 0.471 e. The number of hydrogen-bond acceptors (Lipinski definition) is 4. The van der Waals surface area contributed by atoms with Crippen molar-refractivity contribution < 1.29 is 9.53 Å². The molecule has 0 bridgehead atoms. The normalized spacial score (nSPS) is 10.7. The maximum Gasteiger partial charge on any atom is 0.275 e. The molecule has 130 valence electrons. The minimum absolute atomic E-state index is 0.184. The van der Waals surface area contributed by atoms with Crippen LogP contribution in [-0.4, -0.2) is 25.5 Å². The molecule has 0 unspecified atom stereocenters. The Balaban J connectivity index is 1.63. The Morgan fingerprint density at radius 1 is 1.28 bits per heavy atom. The molecule has 1 N–H and O–H groups in total. The van der Waals surface area contributed by atoms with Gasteiger partial charge in [-0.2, -0.15) is 10.2 Å². The van der Waals surface area contributed by atoms with Gasteiger partial charge in [0.1, 0.15) is 11.4 Å². The molecule has 7 nitrogen and oxygen atoms in total. The van der Waals surface area contributed by atoms with E-state index >= 15 is 0 Å². The number of aryl methyl sites for hydroxylation is 1. The van der Waals surface area contributed by atoms with Gasteiger partial charge in [-0.3, -0.25) is 9.48 Å². The fourth-order valence-corrected chi connectivity index (χ4v) is 2.62. The number of carbonyl (C=O) groups excluding carboxylic acids is 1. The van der Waals surface area contributed by atoms with Crippen molar-refractivity contribution in [2.24, 2.45) is 0 Å². The second-order valence-corrected chi connectivity index (χ2v) is 5.95. The number of ether oxygens (including phenoxy) is 1. The zero-order valence-electron chi connectivity index (χ0n) is 13.3. The van der Waals surface area contributed by atoms with Crippen LogP contribution in [0.5, 0.6) is 5.75 Å². The van der Waals surface area contributed by atoms with Crippen molar-refractivity contribution in [2.75, 3.05) is 5.32 Å². The van der Waals surface area contributed by atoms with Crippen molar-refractivity contribution >= 4 is 34.8 Å². The lowest BCUT2D eigenvalue weighted by molar-refractivity contribution is 0.101. The van der Waals surface area contributed by atoms with E-state index in [9.17, 15) is 4.79 Å². The summed E-state index contributed by atoms with van der Waals surface area (Å²) in [6, 6.07) is 7.07. The summed E-state index contributed by atoms with van der Waals surface area (Å²) in [5, 5.41) is 11.8. The predicted molar refractivity (Wildman–Crippen MR) is 95.2 cm³/mol. The zero-order valence-corrected chi connectivity index (χ0v) is 14.8. The van der Waals surface area contributed by atoms with Gasteiger partial charge in [0.15, 0.2) is 6.73 Å². The highest BCUT2D eigenvalue weighted by atomic mass is 35.5. The molecule has 2 aromatic heterocycles. The molecule has 0 radical (unpaired) electrons. The number of hydrogen-bond donors (Lipinski definition) is 1. The minimum Gasteiger partial charge on any atom is -0.471 e. The van der Waals surface area contributed by atoms with Gasteiger partial charge >= 0.3 is 0 Å². The third-order valence-corrected chi connectivity index (χ3v) is 3.87. The number of benzene rings is 1. The summed E-state index contributed by atoms with van der Waals surface area (Å²) < 4.78 is 8.67. The first kappa shape index (κ1) is 17.3. The van der Waals surface area contributed by atoms with E-state index in [1.807, 2.05) is 6.92 Å². The van der Waals surface area contributed by atoms with Gasteiger partial charge < -0.3 is 10.1 Å². The first-order valence-electron chi connectivity index (χ1n) is 7.50. The van der Waals surface area contributed by atoms with Crippen molar-refractivity contribution in [3.05, 3.63) is 58.6 Å². The molecule has 0 spiro atoms. The zero-order chi connectivity index (χ0) is 17.8. The molecule has 0 atom stereocenters. The fourth-order valence-electron chi connectivity index (χ4n) is 2.21. The van der Waals surface area contributed by atoms with E-state index in [-0.39, 0.29) is 12.6 Å². The van der Waals surface area contributed by atoms with Crippen molar-refractivity contribution in [1.29, 1.82) is 0 Å². The monoisotopic (exact) mass is 379 g/mol. The van der Waals surface area contributed by atoms with Crippen LogP contribution in [-0.2, 0) is 13.3 Å². The van der Waals surface area contributed by atoms with Gasteiger partial charge in [0.2, 0.25) is 0 Å². The smallest absolute Gasteiger partial charge is 0.275 e. The molecular weight excluding hydrogens is 365 g/mol. The van der Waals surface area contributed by atoms with Gasteiger partial charge in [0.05, 0.1) is 29.3 Å². The Labute approximate surface area is 154 Å².